The van der Waals surface area contributed by atoms with Crippen molar-refractivity contribution in [2.75, 3.05) is 6.54 Å². The van der Waals surface area contributed by atoms with Gasteiger partial charge in [0, 0.05) is 6.04 Å². The van der Waals surface area contributed by atoms with E-state index in [9.17, 15) is 0 Å². The van der Waals surface area contributed by atoms with Crippen LogP contribution in [0.2, 0.25) is 0 Å². The molecule has 2 atom stereocenters. The fraction of sp³-hybridized carbons (Fsp3) is 0.667. The molecule has 1 aromatic carbocycles. The van der Waals surface area contributed by atoms with E-state index in [1.807, 2.05) is 0 Å². The van der Waals surface area contributed by atoms with Crippen molar-refractivity contribution in [3.05, 3.63) is 35.9 Å². The molecule has 1 heteroatoms. The number of hydrogen-bond acceptors (Lipinski definition) is 1. The molecule has 0 amide bonds. The second-order valence-electron chi connectivity index (χ2n) is 6.03. The number of hydrogen-bond donors (Lipinski definition) is 1. The van der Waals surface area contributed by atoms with Gasteiger partial charge in [-0.1, -0.05) is 69.9 Å². The van der Waals surface area contributed by atoms with E-state index in [1.165, 1.54) is 44.1 Å². The van der Waals surface area contributed by atoms with Crippen molar-refractivity contribution in [2.24, 2.45) is 5.92 Å². The monoisotopic (exact) mass is 259 g/mol. The Morgan fingerprint density at radius 2 is 1.68 bits per heavy atom. The third-order valence-electron chi connectivity index (χ3n) is 4.71. The molecule has 19 heavy (non-hydrogen) atoms. The molecule has 106 valence electrons. The van der Waals surface area contributed by atoms with Crippen molar-refractivity contribution in [3.63, 3.8) is 0 Å². The number of benzene rings is 1. The van der Waals surface area contributed by atoms with E-state index in [0.717, 1.165) is 12.5 Å². The summed E-state index contributed by atoms with van der Waals surface area (Å²) in [6.07, 6.45) is 8.55. The third-order valence-corrected chi connectivity index (χ3v) is 4.71. The topological polar surface area (TPSA) is 12.0 Å². The minimum Gasteiger partial charge on any atom is -0.313 e. The smallest absolute Gasteiger partial charge is 0.0161 e. The van der Waals surface area contributed by atoms with Gasteiger partial charge in [0.1, 0.15) is 0 Å². The molecule has 1 nitrogen and oxygen atoms in total. The molecule has 2 unspecified atom stereocenters. The zero-order chi connectivity index (χ0) is 13.5. The van der Waals surface area contributed by atoms with Gasteiger partial charge in [0.2, 0.25) is 0 Å². The average molecular weight is 259 g/mol. The predicted molar refractivity (Wildman–Crippen MR) is 83.5 cm³/mol. The van der Waals surface area contributed by atoms with Gasteiger partial charge in [0.25, 0.3) is 0 Å². The molecule has 0 heterocycles. The molecule has 1 saturated carbocycles. The van der Waals surface area contributed by atoms with Crippen LogP contribution in [0.1, 0.15) is 63.9 Å². The maximum absolute atomic E-state index is 3.78. The Hall–Kier alpha value is -0.820. The summed E-state index contributed by atoms with van der Waals surface area (Å²) in [5.74, 6) is 1.47. The minimum atomic E-state index is 0.615. The molecule has 0 aromatic heterocycles. The number of rotatable bonds is 5. The summed E-state index contributed by atoms with van der Waals surface area (Å²) >= 11 is 0. The van der Waals surface area contributed by atoms with Gasteiger partial charge in [0.05, 0.1) is 0 Å². The van der Waals surface area contributed by atoms with E-state index >= 15 is 0 Å². The Kier molecular flexibility index (Phi) is 5.91. The van der Waals surface area contributed by atoms with Crippen LogP contribution < -0.4 is 5.32 Å². The third kappa shape index (κ3) is 4.07. The van der Waals surface area contributed by atoms with Crippen LogP contribution in [0.25, 0.3) is 0 Å². The van der Waals surface area contributed by atoms with Crippen LogP contribution in [0.3, 0.4) is 0 Å². The van der Waals surface area contributed by atoms with Crippen LogP contribution in [0.15, 0.2) is 30.3 Å². The van der Waals surface area contributed by atoms with Crippen LogP contribution in [0, 0.1) is 5.92 Å². The predicted octanol–water partition coefficient (Wildman–Crippen LogP) is 4.74. The lowest BCUT2D eigenvalue weighted by Crippen LogP contribution is -2.40. The lowest BCUT2D eigenvalue weighted by Gasteiger charge is -2.32. The maximum Gasteiger partial charge on any atom is 0.0161 e. The van der Waals surface area contributed by atoms with Crippen molar-refractivity contribution in [1.29, 1.82) is 0 Å². The van der Waals surface area contributed by atoms with Crippen LogP contribution in [-0.2, 0) is 0 Å². The molecule has 0 bridgehead atoms. The van der Waals surface area contributed by atoms with E-state index in [-0.39, 0.29) is 0 Å². The van der Waals surface area contributed by atoms with E-state index in [2.05, 4.69) is 49.5 Å². The average Bonchev–Trinajstić information content (AvgIpc) is 2.74. The lowest BCUT2D eigenvalue weighted by molar-refractivity contribution is 0.291. The lowest BCUT2D eigenvalue weighted by atomic mass is 9.81. The highest BCUT2D eigenvalue weighted by atomic mass is 14.9. The Labute approximate surface area is 118 Å². The van der Waals surface area contributed by atoms with Crippen molar-refractivity contribution in [2.45, 2.75) is 64.3 Å². The standard InChI is InChI=1S/C18H29N/c1-3-19-18(17-13-7-4-5-8-14-17)15(2)16-11-9-6-10-12-16/h6,9-12,15,17-19H,3-5,7-8,13-14H2,1-2H3. The van der Waals surface area contributed by atoms with E-state index in [4.69, 9.17) is 0 Å². The van der Waals surface area contributed by atoms with Crippen molar-refractivity contribution in [1.82, 2.24) is 5.32 Å². The van der Waals surface area contributed by atoms with Crippen molar-refractivity contribution < 1.29 is 0 Å². The first-order chi connectivity index (χ1) is 9.33. The van der Waals surface area contributed by atoms with Gasteiger partial charge in [-0.15, -0.1) is 0 Å². The zero-order valence-electron chi connectivity index (χ0n) is 12.6. The maximum atomic E-state index is 3.78. The summed E-state index contributed by atoms with van der Waals surface area (Å²) in [7, 11) is 0. The van der Waals surface area contributed by atoms with E-state index < -0.39 is 0 Å². The molecular formula is C18H29N. The van der Waals surface area contributed by atoms with Crippen LogP contribution >= 0.6 is 0 Å². The Balaban J connectivity index is 2.09. The highest BCUT2D eigenvalue weighted by Crippen LogP contribution is 2.32. The van der Waals surface area contributed by atoms with Gasteiger partial charge in [-0.25, -0.2) is 0 Å². The number of likely N-dealkylation sites (N-methyl/N-ethyl adjacent to an activating group) is 1. The van der Waals surface area contributed by atoms with Crippen LogP contribution in [-0.4, -0.2) is 12.6 Å². The fourth-order valence-electron chi connectivity index (χ4n) is 3.62. The summed E-state index contributed by atoms with van der Waals surface area (Å²) in [6.45, 7) is 5.72. The quantitative estimate of drug-likeness (QED) is 0.753. The van der Waals surface area contributed by atoms with Crippen LogP contribution in [0.4, 0.5) is 0 Å². The summed E-state index contributed by atoms with van der Waals surface area (Å²) in [5.41, 5.74) is 1.48. The normalized spacial score (nSPS) is 20.7. The summed E-state index contributed by atoms with van der Waals surface area (Å²) in [5, 5.41) is 3.78. The van der Waals surface area contributed by atoms with Gasteiger partial charge >= 0.3 is 0 Å². The molecule has 0 radical (unpaired) electrons. The molecule has 2 rings (SSSR count). The van der Waals surface area contributed by atoms with Gasteiger partial charge in [0.15, 0.2) is 0 Å². The second kappa shape index (κ2) is 7.69. The fourth-order valence-corrected chi connectivity index (χ4v) is 3.62. The number of nitrogens with one attached hydrogen (secondary N) is 1. The summed E-state index contributed by atoms with van der Waals surface area (Å²) < 4.78 is 0. The Bertz CT molecular complexity index is 338. The zero-order valence-corrected chi connectivity index (χ0v) is 12.6. The van der Waals surface area contributed by atoms with Gasteiger partial charge < -0.3 is 5.32 Å². The molecule has 1 N–H and O–H groups in total. The first-order valence-corrected chi connectivity index (χ1v) is 8.11. The molecule has 0 aliphatic heterocycles. The SMILES string of the molecule is CCNC(C1CCCCCC1)C(C)c1ccccc1. The van der Waals surface area contributed by atoms with Gasteiger partial charge in [-0.05, 0) is 36.8 Å². The van der Waals surface area contributed by atoms with Gasteiger partial charge in [-0.2, -0.15) is 0 Å². The summed E-state index contributed by atoms with van der Waals surface area (Å²) in [6, 6.07) is 11.7. The summed E-state index contributed by atoms with van der Waals surface area (Å²) in [4.78, 5) is 0. The first-order valence-electron chi connectivity index (χ1n) is 8.11. The van der Waals surface area contributed by atoms with Gasteiger partial charge in [-0.3, -0.25) is 0 Å². The molecule has 1 aromatic rings. The molecule has 0 spiro atoms. The minimum absolute atomic E-state index is 0.615. The highest BCUT2D eigenvalue weighted by Gasteiger charge is 2.27. The molecule has 1 aliphatic rings. The molecule has 1 fully saturated rings. The molecule has 0 saturated heterocycles. The Morgan fingerprint density at radius 1 is 1.05 bits per heavy atom. The molecule has 1 aliphatic carbocycles. The largest absolute Gasteiger partial charge is 0.313 e. The molecular weight excluding hydrogens is 230 g/mol. The van der Waals surface area contributed by atoms with E-state index in [1.54, 1.807) is 0 Å². The van der Waals surface area contributed by atoms with Crippen molar-refractivity contribution >= 4 is 0 Å². The Morgan fingerprint density at radius 3 is 2.26 bits per heavy atom. The van der Waals surface area contributed by atoms with Crippen molar-refractivity contribution in [3.8, 4) is 0 Å². The first kappa shape index (κ1) is 14.6. The second-order valence-corrected chi connectivity index (χ2v) is 6.03. The highest BCUT2D eigenvalue weighted by molar-refractivity contribution is 5.21. The van der Waals surface area contributed by atoms with Crippen LogP contribution in [0.5, 0.6) is 0 Å². The van der Waals surface area contributed by atoms with E-state index in [0.29, 0.717) is 12.0 Å².